The third-order valence-electron chi connectivity index (χ3n) is 6.30. The van der Waals surface area contributed by atoms with Gasteiger partial charge in [0.25, 0.3) is 0 Å². The highest BCUT2D eigenvalue weighted by atomic mass is 35.5. The molecule has 196 valence electrons. The molecule has 1 amide bonds. The van der Waals surface area contributed by atoms with Gasteiger partial charge in [0, 0.05) is 26.6 Å². The number of hydrogen-bond donors (Lipinski definition) is 1. The van der Waals surface area contributed by atoms with Crippen LogP contribution in [0, 0.1) is 5.41 Å². The Morgan fingerprint density at radius 1 is 1.11 bits per heavy atom. The number of amides is 1. The quantitative estimate of drug-likeness (QED) is 0.183. The topological polar surface area (TPSA) is 83.6 Å². The summed E-state index contributed by atoms with van der Waals surface area (Å²) in [5, 5.41) is 11.7. The van der Waals surface area contributed by atoms with Crippen LogP contribution >= 0.6 is 23.2 Å². The smallest absolute Gasteiger partial charge is 0.412 e. The molecule has 1 unspecified atom stereocenters. The average Bonchev–Trinajstić information content (AvgIpc) is 3.23. The first-order valence-electron chi connectivity index (χ1n) is 12.2. The van der Waals surface area contributed by atoms with E-state index in [0.29, 0.717) is 38.7 Å². The highest BCUT2D eigenvalue weighted by Crippen LogP contribution is 2.43. The molecule has 0 spiro atoms. The number of pyridine rings is 1. The van der Waals surface area contributed by atoms with Crippen LogP contribution in [0.5, 0.6) is 0 Å². The fraction of sp³-hybridized carbons (Fsp3) is 0.233. The van der Waals surface area contributed by atoms with Crippen LogP contribution in [0.3, 0.4) is 0 Å². The predicted molar refractivity (Wildman–Crippen MR) is 153 cm³/mol. The number of hydrogen-bond acceptors (Lipinski definition) is 4. The van der Waals surface area contributed by atoms with Gasteiger partial charge in [-0.25, -0.2) is 9.78 Å². The maximum absolute atomic E-state index is 13.6. The Balaban J connectivity index is 2.16. The summed E-state index contributed by atoms with van der Waals surface area (Å²) in [5.74, 6) is -0.413. The van der Waals surface area contributed by atoms with Gasteiger partial charge in [0.2, 0.25) is 11.5 Å². The molecule has 4 rings (SSSR count). The van der Waals surface area contributed by atoms with E-state index in [1.807, 2.05) is 37.3 Å². The first-order chi connectivity index (χ1) is 18.0. The van der Waals surface area contributed by atoms with Crippen molar-refractivity contribution in [1.29, 1.82) is 0 Å². The lowest BCUT2D eigenvalue weighted by Gasteiger charge is -2.27. The first kappa shape index (κ1) is 27.4. The molecule has 0 aliphatic heterocycles. The van der Waals surface area contributed by atoms with Crippen LogP contribution in [0.4, 0.5) is 10.5 Å². The van der Waals surface area contributed by atoms with E-state index in [1.54, 1.807) is 51.1 Å². The van der Waals surface area contributed by atoms with Gasteiger partial charge in [-0.15, -0.1) is 6.58 Å². The maximum Gasteiger partial charge on any atom is 0.412 e. The summed E-state index contributed by atoms with van der Waals surface area (Å²) in [7, 11) is 0. The molecule has 1 atom stereocenters. The van der Waals surface area contributed by atoms with Crippen molar-refractivity contribution in [1.82, 2.24) is 4.98 Å². The van der Waals surface area contributed by atoms with E-state index in [0.717, 1.165) is 10.5 Å². The Kier molecular flexibility index (Phi) is 7.68. The Hall–Kier alpha value is -3.61. The molecule has 6 nitrogen and oxygen atoms in total. The standard InChI is InChI=1S/C30H28Cl2N2O4/c1-6-19(7-2)34(29(36)37)25-22-16-21(17-12-14-18(31)15-13-17)24(20-10-8-9-11-23(20)32)33-28(22)38-26(25)27(35)30(3,4)5/h6,8-16,19H,1,7H2,2-5H3,(H,36,37). The average molecular weight is 551 g/mol. The van der Waals surface area contributed by atoms with E-state index >= 15 is 0 Å². The van der Waals surface area contributed by atoms with Crippen molar-refractivity contribution in [2.45, 2.75) is 40.2 Å². The minimum absolute atomic E-state index is 0.0685. The molecular formula is C30H28Cl2N2O4. The van der Waals surface area contributed by atoms with Gasteiger partial charge in [-0.1, -0.05) is 87.3 Å². The molecule has 0 saturated heterocycles. The Morgan fingerprint density at radius 2 is 1.76 bits per heavy atom. The summed E-state index contributed by atoms with van der Waals surface area (Å²) < 4.78 is 6.11. The van der Waals surface area contributed by atoms with E-state index < -0.39 is 17.6 Å². The molecule has 2 aromatic heterocycles. The molecule has 2 aromatic carbocycles. The largest absolute Gasteiger partial charge is 0.465 e. The molecule has 2 heterocycles. The summed E-state index contributed by atoms with van der Waals surface area (Å²) in [6.07, 6.45) is 0.760. The van der Waals surface area contributed by atoms with E-state index in [4.69, 9.17) is 32.6 Å². The second kappa shape index (κ2) is 10.6. The van der Waals surface area contributed by atoms with Crippen LogP contribution in [-0.2, 0) is 0 Å². The minimum Gasteiger partial charge on any atom is -0.465 e. The highest BCUT2D eigenvalue weighted by Gasteiger charge is 2.37. The molecule has 0 aliphatic rings. The van der Waals surface area contributed by atoms with Gasteiger partial charge in [-0.2, -0.15) is 0 Å². The number of nitrogens with zero attached hydrogens (tertiary/aromatic N) is 2. The molecule has 0 radical (unpaired) electrons. The fourth-order valence-electron chi connectivity index (χ4n) is 4.31. The van der Waals surface area contributed by atoms with E-state index in [-0.39, 0.29) is 22.9 Å². The molecule has 0 aliphatic carbocycles. The highest BCUT2D eigenvalue weighted by molar-refractivity contribution is 6.33. The SMILES string of the molecule is C=CC(CC)N(C(=O)O)c1c(C(=O)C(C)(C)C)oc2nc(-c3ccccc3Cl)c(-c3ccc(Cl)cc3)cc12. The molecule has 1 N–H and O–H groups in total. The Bertz CT molecular complexity index is 1530. The second-order valence-corrected chi connectivity index (χ2v) is 10.8. The third kappa shape index (κ3) is 5.06. The van der Waals surface area contributed by atoms with Crippen molar-refractivity contribution in [3.05, 3.63) is 83.1 Å². The lowest BCUT2D eigenvalue weighted by atomic mass is 9.88. The van der Waals surface area contributed by atoms with Crippen LogP contribution < -0.4 is 4.90 Å². The zero-order valence-electron chi connectivity index (χ0n) is 21.6. The summed E-state index contributed by atoms with van der Waals surface area (Å²) in [6, 6.07) is 15.7. The fourth-order valence-corrected chi connectivity index (χ4v) is 4.66. The number of rotatable bonds is 7. The van der Waals surface area contributed by atoms with Gasteiger partial charge in [0.15, 0.2) is 5.76 Å². The molecule has 38 heavy (non-hydrogen) atoms. The van der Waals surface area contributed by atoms with Crippen LogP contribution in [0.2, 0.25) is 10.0 Å². The van der Waals surface area contributed by atoms with E-state index in [9.17, 15) is 14.7 Å². The normalized spacial score (nSPS) is 12.4. The zero-order chi connectivity index (χ0) is 27.8. The number of aromatic nitrogens is 1. The van der Waals surface area contributed by atoms with Gasteiger partial charge < -0.3 is 9.52 Å². The zero-order valence-corrected chi connectivity index (χ0v) is 23.1. The van der Waals surface area contributed by atoms with Gasteiger partial charge in [0.1, 0.15) is 5.69 Å². The number of carbonyl (C=O) groups excluding carboxylic acids is 1. The number of fused-ring (bicyclic) bond motifs is 1. The number of Topliss-reactive ketones (excluding diaryl/α,β-unsaturated/α-hetero) is 1. The van der Waals surface area contributed by atoms with Gasteiger partial charge in [-0.3, -0.25) is 9.69 Å². The number of benzene rings is 2. The van der Waals surface area contributed by atoms with Crippen molar-refractivity contribution >= 4 is 51.9 Å². The summed E-state index contributed by atoms with van der Waals surface area (Å²) in [4.78, 5) is 32.2. The van der Waals surface area contributed by atoms with E-state index in [1.165, 1.54) is 0 Å². The Morgan fingerprint density at radius 3 is 2.32 bits per heavy atom. The van der Waals surface area contributed by atoms with Crippen molar-refractivity contribution in [3.63, 3.8) is 0 Å². The number of carbonyl (C=O) groups is 2. The molecule has 0 saturated carbocycles. The lowest BCUT2D eigenvalue weighted by Crippen LogP contribution is -2.39. The van der Waals surface area contributed by atoms with Crippen LogP contribution in [0.1, 0.15) is 44.7 Å². The second-order valence-electron chi connectivity index (χ2n) is 9.95. The molecule has 0 fully saturated rings. The summed E-state index contributed by atoms with van der Waals surface area (Å²) in [5.41, 5.74) is 2.09. The number of furan rings is 1. The summed E-state index contributed by atoms with van der Waals surface area (Å²) in [6.45, 7) is 10.9. The van der Waals surface area contributed by atoms with Gasteiger partial charge in [-0.05, 0) is 36.2 Å². The number of halogens is 2. The van der Waals surface area contributed by atoms with Crippen LogP contribution in [0.25, 0.3) is 33.5 Å². The number of ketones is 1. The molecular weight excluding hydrogens is 523 g/mol. The summed E-state index contributed by atoms with van der Waals surface area (Å²) >= 11 is 12.7. The predicted octanol–water partition coefficient (Wildman–Crippen LogP) is 9.15. The van der Waals surface area contributed by atoms with Crippen molar-refractivity contribution in [2.24, 2.45) is 5.41 Å². The molecule has 0 bridgehead atoms. The number of anilines is 1. The van der Waals surface area contributed by atoms with Gasteiger partial charge in [0.05, 0.1) is 17.1 Å². The number of carboxylic acid groups (broad SMARTS) is 1. The van der Waals surface area contributed by atoms with Crippen molar-refractivity contribution in [2.75, 3.05) is 4.90 Å². The molecule has 8 heteroatoms. The van der Waals surface area contributed by atoms with E-state index in [2.05, 4.69) is 6.58 Å². The first-order valence-corrected chi connectivity index (χ1v) is 12.9. The van der Waals surface area contributed by atoms with Gasteiger partial charge >= 0.3 is 6.09 Å². The Labute approximate surface area is 231 Å². The minimum atomic E-state index is -1.23. The lowest BCUT2D eigenvalue weighted by molar-refractivity contribution is 0.0831. The van der Waals surface area contributed by atoms with Crippen LogP contribution in [-0.4, -0.2) is 28.0 Å². The van der Waals surface area contributed by atoms with Crippen molar-refractivity contribution < 1.29 is 19.1 Å². The monoisotopic (exact) mass is 550 g/mol. The maximum atomic E-state index is 13.6. The van der Waals surface area contributed by atoms with Crippen LogP contribution in [0.15, 0.2) is 71.7 Å². The van der Waals surface area contributed by atoms with Crippen molar-refractivity contribution in [3.8, 4) is 22.4 Å². The third-order valence-corrected chi connectivity index (χ3v) is 6.88. The molecule has 4 aromatic rings.